The SMILES string of the molecule is CN=C(NCc1cccnc1OC)N1CCSC(C(C)C)C1. The van der Waals surface area contributed by atoms with Crippen molar-refractivity contribution in [2.45, 2.75) is 25.6 Å². The molecule has 1 N–H and O–H groups in total. The van der Waals surface area contributed by atoms with Crippen LogP contribution in [0, 0.1) is 5.92 Å². The predicted octanol–water partition coefficient (Wildman–Crippen LogP) is 2.24. The Labute approximate surface area is 137 Å². The van der Waals surface area contributed by atoms with E-state index in [-0.39, 0.29) is 0 Å². The maximum absolute atomic E-state index is 5.30. The van der Waals surface area contributed by atoms with Crippen molar-refractivity contribution in [3.05, 3.63) is 23.9 Å². The van der Waals surface area contributed by atoms with E-state index in [0.29, 0.717) is 23.6 Å². The number of pyridine rings is 1. The zero-order chi connectivity index (χ0) is 15.9. The Morgan fingerprint density at radius 3 is 3.09 bits per heavy atom. The van der Waals surface area contributed by atoms with Crippen LogP contribution in [-0.2, 0) is 6.54 Å². The summed E-state index contributed by atoms with van der Waals surface area (Å²) in [5.74, 6) is 3.46. The third-order valence-corrected chi connectivity index (χ3v) is 5.37. The van der Waals surface area contributed by atoms with Gasteiger partial charge in [0.15, 0.2) is 5.96 Å². The van der Waals surface area contributed by atoms with E-state index in [1.807, 2.05) is 19.2 Å². The Balaban J connectivity index is 1.98. The summed E-state index contributed by atoms with van der Waals surface area (Å²) in [6, 6.07) is 3.95. The fraction of sp³-hybridized carbons (Fsp3) is 0.625. The summed E-state index contributed by atoms with van der Waals surface area (Å²) >= 11 is 2.07. The first-order valence-electron chi connectivity index (χ1n) is 7.70. The average molecular weight is 322 g/mol. The van der Waals surface area contributed by atoms with Gasteiger partial charge in [0.05, 0.1) is 7.11 Å². The third-order valence-electron chi connectivity index (χ3n) is 3.83. The number of hydrogen-bond donors (Lipinski definition) is 1. The first-order valence-corrected chi connectivity index (χ1v) is 8.75. The number of ether oxygens (including phenoxy) is 1. The summed E-state index contributed by atoms with van der Waals surface area (Å²) in [6.07, 6.45) is 1.74. The van der Waals surface area contributed by atoms with Crippen LogP contribution in [0.2, 0.25) is 0 Å². The van der Waals surface area contributed by atoms with Crippen molar-refractivity contribution in [2.24, 2.45) is 10.9 Å². The maximum atomic E-state index is 5.30. The van der Waals surface area contributed by atoms with Gasteiger partial charge in [0.1, 0.15) is 0 Å². The zero-order valence-corrected chi connectivity index (χ0v) is 14.7. The molecule has 0 spiro atoms. The second kappa shape index (κ2) is 8.27. The first-order chi connectivity index (χ1) is 10.7. The van der Waals surface area contributed by atoms with Gasteiger partial charge < -0.3 is 15.0 Å². The molecule has 1 aromatic rings. The van der Waals surface area contributed by atoms with Gasteiger partial charge in [-0.15, -0.1) is 0 Å². The van der Waals surface area contributed by atoms with Gasteiger partial charge in [-0.2, -0.15) is 11.8 Å². The summed E-state index contributed by atoms with van der Waals surface area (Å²) in [6.45, 7) is 7.33. The number of hydrogen-bond acceptors (Lipinski definition) is 4. The molecule has 2 heterocycles. The topological polar surface area (TPSA) is 49.8 Å². The Morgan fingerprint density at radius 2 is 2.41 bits per heavy atom. The number of guanidine groups is 1. The average Bonchev–Trinajstić information content (AvgIpc) is 2.56. The van der Waals surface area contributed by atoms with Crippen molar-refractivity contribution in [3.63, 3.8) is 0 Å². The van der Waals surface area contributed by atoms with Crippen LogP contribution >= 0.6 is 11.8 Å². The highest BCUT2D eigenvalue weighted by Gasteiger charge is 2.24. The molecule has 6 heteroatoms. The van der Waals surface area contributed by atoms with Crippen molar-refractivity contribution in [1.29, 1.82) is 0 Å². The Bertz CT molecular complexity index is 507. The van der Waals surface area contributed by atoms with Gasteiger partial charge in [-0.1, -0.05) is 19.9 Å². The highest BCUT2D eigenvalue weighted by molar-refractivity contribution is 8.00. The maximum Gasteiger partial charge on any atom is 0.218 e. The van der Waals surface area contributed by atoms with E-state index >= 15 is 0 Å². The lowest BCUT2D eigenvalue weighted by molar-refractivity contribution is 0.377. The summed E-state index contributed by atoms with van der Waals surface area (Å²) < 4.78 is 5.30. The normalized spacial score (nSPS) is 19.4. The van der Waals surface area contributed by atoms with E-state index in [9.17, 15) is 0 Å². The molecule has 0 bridgehead atoms. The summed E-state index contributed by atoms with van der Waals surface area (Å²) in [5.41, 5.74) is 1.04. The molecule has 1 saturated heterocycles. The van der Waals surface area contributed by atoms with Gasteiger partial charge in [0.25, 0.3) is 0 Å². The molecule has 122 valence electrons. The van der Waals surface area contributed by atoms with E-state index in [4.69, 9.17) is 4.74 Å². The van der Waals surface area contributed by atoms with Crippen LogP contribution in [0.3, 0.4) is 0 Å². The Kier molecular flexibility index (Phi) is 6.36. The van der Waals surface area contributed by atoms with Gasteiger partial charge in [0, 0.05) is 49.4 Å². The molecular weight excluding hydrogens is 296 g/mol. The molecule has 1 aliphatic rings. The van der Waals surface area contributed by atoms with Gasteiger partial charge in [-0.3, -0.25) is 4.99 Å². The van der Waals surface area contributed by atoms with Crippen molar-refractivity contribution >= 4 is 17.7 Å². The Morgan fingerprint density at radius 1 is 1.59 bits per heavy atom. The molecule has 0 saturated carbocycles. The van der Waals surface area contributed by atoms with Crippen LogP contribution in [0.4, 0.5) is 0 Å². The molecule has 0 aromatic carbocycles. The third kappa shape index (κ3) is 4.29. The highest BCUT2D eigenvalue weighted by atomic mass is 32.2. The zero-order valence-electron chi connectivity index (χ0n) is 13.9. The number of nitrogens with one attached hydrogen (secondary N) is 1. The Hall–Kier alpha value is -1.43. The van der Waals surface area contributed by atoms with E-state index in [1.165, 1.54) is 0 Å². The minimum absolute atomic E-state index is 0.666. The molecular formula is C16H26N4OS. The number of methoxy groups -OCH3 is 1. The van der Waals surface area contributed by atoms with Crippen LogP contribution in [0.1, 0.15) is 19.4 Å². The van der Waals surface area contributed by atoms with Crippen LogP contribution in [0.15, 0.2) is 23.3 Å². The summed E-state index contributed by atoms with van der Waals surface area (Å²) in [4.78, 5) is 11.0. The number of rotatable bonds is 4. The second-order valence-electron chi connectivity index (χ2n) is 5.67. The second-order valence-corrected chi connectivity index (χ2v) is 7.02. The highest BCUT2D eigenvalue weighted by Crippen LogP contribution is 2.25. The molecule has 0 radical (unpaired) electrons. The van der Waals surface area contributed by atoms with E-state index < -0.39 is 0 Å². The van der Waals surface area contributed by atoms with Crippen molar-refractivity contribution in [2.75, 3.05) is 33.0 Å². The van der Waals surface area contributed by atoms with E-state index in [1.54, 1.807) is 13.3 Å². The lowest BCUT2D eigenvalue weighted by Gasteiger charge is -2.36. The largest absolute Gasteiger partial charge is 0.481 e. The van der Waals surface area contributed by atoms with E-state index in [2.05, 4.69) is 45.8 Å². The number of aromatic nitrogens is 1. The molecule has 0 aliphatic carbocycles. The molecule has 1 atom stereocenters. The van der Waals surface area contributed by atoms with Crippen LogP contribution in [0.5, 0.6) is 5.88 Å². The van der Waals surface area contributed by atoms with Crippen molar-refractivity contribution < 1.29 is 4.74 Å². The minimum atomic E-state index is 0.666. The smallest absolute Gasteiger partial charge is 0.218 e. The standard InChI is InChI=1S/C16H26N4OS/c1-12(2)14-11-20(8-9-22-14)16(17-3)19-10-13-6-5-7-18-15(13)21-4/h5-7,12,14H,8-11H2,1-4H3,(H,17,19). The molecule has 0 amide bonds. The van der Waals surface area contributed by atoms with E-state index in [0.717, 1.165) is 30.4 Å². The van der Waals surface area contributed by atoms with Crippen molar-refractivity contribution in [1.82, 2.24) is 15.2 Å². The molecule has 1 unspecified atom stereocenters. The number of thioether (sulfide) groups is 1. The van der Waals surface area contributed by atoms with Gasteiger partial charge in [-0.05, 0) is 12.0 Å². The van der Waals surface area contributed by atoms with Gasteiger partial charge >= 0.3 is 0 Å². The molecule has 1 aliphatic heterocycles. The summed E-state index contributed by atoms with van der Waals surface area (Å²) in [7, 11) is 3.49. The first kappa shape index (κ1) is 16.9. The monoisotopic (exact) mass is 322 g/mol. The predicted molar refractivity (Wildman–Crippen MR) is 93.6 cm³/mol. The fourth-order valence-corrected chi connectivity index (χ4v) is 3.82. The lowest BCUT2D eigenvalue weighted by atomic mass is 10.1. The molecule has 1 fully saturated rings. The van der Waals surface area contributed by atoms with Crippen molar-refractivity contribution in [3.8, 4) is 5.88 Å². The minimum Gasteiger partial charge on any atom is -0.481 e. The molecule has 5 nitrogen and oxygen atoms in total. The summed E-state index contributed by atoms with van der Waals surface area (Å²) in [5, 5.41) is 4.10. The lowest BCUT2D eigenvalue weighted by Crippen LogP contribution is -2.48. The van der Waals surface area contributed by atoms with Crippen LogP contribution in [0.25, 0.3) is 0 Å². The quantitative estimate of drug-likeness (QED) is 0.680. The van der Waals surface area contributed by atoms with Crippen LogP contribution in [-0.4, -0.2) is 54.1 Å². The van der Waals surface area contributed by atoms with Gasteiger partial charge in [-0.25, -0.2) is 4.98 Å². The molecule has 22 heavy (non-hydrogen) atoms. The van der Waals surface area contributed by atoms with Gasteiger partial charge in [0.2, 0.25) is 5.88 Å². The van der Waals surface area contributed by atoms with Crippen LogP contribution < -0.4 is 10.1 Å². The number of aliphatic imine (C=N–C) groups is 1. The number of nitrogens with zero attached hydrogens (tertiary/aromatic N) is 3. The fourth-order valence-electron chi connectivity index (χ4n) is 2.52. The molecule has 2 rings (SSSR count). The molecule has 1 aromatic heterocycles.